The molecule has 2 aromatic carbocycles. The molecule has 0 fully saturated rings. The number of benzene rings is 2. The molecule has 1 N–H and O–H groups in total. The van der Waals surface area contributed by atoms with Gasteiger partial charge in [-0.2, -0.15) is 14.9 Å². The molecule has 0 atom stereocenters. The van der Waals surface area contributed by atoms with Crippen LogP contribution in [0.25, 0.3) is 11.4 Å². The van der Waals surface area contributed by atoms with Gasteiger partial charge >= 0.3 is 0 Å². The number of aromatic nitrogens is 3. The van der Waals surface area contributed by atoms with Crippen molar-refractivity contribution in [3.63, 3.8) is 0 Å². The number of aromatic amines is 1. The minimum absolute atomic E-state index is 0.447. The Morgan fingerprint density at radius 2 is 2.04 bits per heavy atom. The van der Waals surface area contributed by atoms with Crippen molar-refractivity contribution in [2.45, 2.75) is 6.92 Å². The van der Waals surface area contributed by atoms with Crippen molar-refractivity contribution >= 4 is 18.4 Å². The number of H-pyrrole nitrogens is 1. The first-order valence-electron chi connectivity index (χ1n) is 7.11. The van der Waals surface area contributed by atoms with Crippen LogP contribution in [0.15, 0.2) is 53.6 Å². The summed E-state index contributed by atoms with van der Waals surface area (Å²) in [4.78, 5) is 0. The van der Waals surface area contributed by atoms with Gasteiger partial charge in [-0.3, -0.25) is 0 Å². The number of aryl methyl sites for hydroxylation is 1. The number of ether oxygens (including phenoxy) is 1. The normalized spacial score (nSPS) is 11.0. The Morgan fingerprint density at radius 3 is 2.83 bits per heavy atom. The Labute approximate surface area is 139 Å². The van der Waals surface area contributed by atoms with Gasteiger partial charge < -0.3 is 4.74 Å². The zero-order chi connectivity index (χ0) is 16.2. The molecule has 0 saturated heterocycles. The highest BCUT2D eigenvalue weighted by Gasteiger charge is 2.09. The van der Waals surface area contributed by atoms with E-state index in [1.807, 2.05) is 55.5 Å². The van der Waals surface area contributed by atoms with Gasteiger partial charge in [-0.1, -0.05) is 36.4 Å². The van der Waals surface area contributed by atoms with Gasteiger partial charge in [0, 0.05) is 5.56 Å². The van der Waals surface area contributed by atoms with Gasteiger partial charge in [0.1, 0.15) is 5.75 Å². The van der Waals surface area contributed by atoms with Crippen molar-refractivity contribution in [2.24, 2.45) is 5.10 Å². The molecule has 0 bridgehead atoms. The molecule has 0 aliphatic rings. The van der Waals surface area contributed by atoms with Gasteiger partial charge in [0.25, 0.3) is 0 Å². The number of methoxy groups -OCH3 is 1. The van der Waals surface area contributed by atoms with E-state index in [4.69, 9.17) is 17.0 Å². The van der Waals surface area contributed by atoms with E-state index in [-0.39, 0.29) is 0 Å². The second-order valence-corrected chi connectivity index (χ2v) is 5.39. The van der Waals surface area contributed by atoms with Gasteiger partial charge in [-0.05, 0) is 42.4 Å². The Kier molecular flexibility index (Phi) is 4.34. The number of nitrogens with zero attached hydrogens (tertiary/aromatic N) is 3. The standard InChI is InChI=1S/C17H16N4OS/c1-12-6-3-4-9-15(12)16-19-20-17(23)21(16)18-11-13-7-5-8-14(10-13)22-2/h3-11H,1-2H3,(H,20,23)/b18-11+. The van der Waals surface area contributed by atoms with Crippen molar-refractivity contribution < 1.29 is 4.74 Å². The first-order chi connectivity index (χ1) is 11.2. The maximum atomic E-state index is 5.29. The molecule has 6 heteroatoms. The second kappa shape index (κ2) is 6.58. The molecule has 116 valence electrons. The molecule has 0 amide bonds. The fourth-order valence-corrected chi connectivity index (χ4v) is 2.42. The highest BCUT2D eigenvalue weighted by atomic mass is 32.1. The first kappa shape index (κ1) is 15.2. The van der Waals surface area contributed by atoms with E-state index in [0.717, 1.165) is 22.4 Å². The summed E-state index contributed by atoms with van der Waals surface area (Å²) in [5, 5.41) is 11.6. The fourth-order valence-electron chi connectivity index (χ4n) is 2.24. The maximum absolute atomic E-state index is 5.29. The van der Waals surface area contributed by atoms with E-state index in [0.29, 0.717) is 10.6 Å². The SMILES string of the molecule is COc1cccc(/C=N/n2c(-c3ccccc3C)n[nH]c2=S)c1. The molecular formula is C17H16N4OS. The van der Waals surface area contributed by atoms with E-state index in [1.165, 1.54) is 0 Å². The maximum Gasteiger partial charge on any atom is 0.216 e. The average Bonchev–Trinajstić information content (AvgIpc) is 2.94. The van der Waals surface area contributed by atoms with Crippen molar-refractivity contribution in [1.82, 2.24) is 14.9 Å². The molecular weight excluding hydrogens is 308 g/mol. The molecule has 5 nitrogen and oxygen atoms in total. The van der Waals surface area contributed by atoms with Gasteiger partial charge in [-0.25, -0.2) is 5.10 Å². The van der Waals surface area contributed by atoms with Crippen molar-refractivity contribution in [2.75, 3.05) is 7.11 Å². The summed E-state index contributed by atoms with van der Waals surface area (Å²) in [6.07, 6.45) is 1.73. The highest BCUT2D eigenvalue weighted by molar-refractivity contribution is 7.71. The Balaban J connectivity index is 2.01. The third-order valence-corrected chi connectivity index (χ3v) is 3.72. The Bertz CT molecular complexity index is 911. The average molecular weight is 324 g/mol. The van der Waals surface area contributed by atoms with Crippen LogP contribution in [0.4, 0.5) is 0 Å². The predicted molar refractivity (Wildman–Crippen MR) is 93.6 cm³/mol. The van der Waals surface area contributed by atoms with Crippen LogP contribution in [0.2, 0.25) is 0 Å². The van der Waals surface area contributed by atoms with Crippen molar-refractivity contribution in [3.8, 4) is 17.1 Å². The monoisotopic (exact) mass is 324 g/mol. The lowest BCUT2D eigenvalue weighted by molar-refractivity contribution is 0.415. The molecule has 23 heavy (non-hydrogen) atoms. The van der Waals surface area contributed by atoms with Crippen molar-refractivity contribution in [1.29, 1.82) is 0 Å². The van der Waals surface area contributed by atoms with Gasteiger partial charge in [0.2, 0.25) is 4.77 Å². The van der Waals surface area contributed by atoms with Gasteiger partial charge in [-0.15, -0.1) is 0 Å². The zero-order valence-corrected chi connectivity index (χ0v) is 13.7. The summed E-state index contributed by atoms with van der Waals surface area (Å²) >= 11 is 5.29. The molecule has 0 aliphatic heterocycles. The highest BCUT2D eigenvalue weighted by Crippen LogP contribution is 2.21. The summed E-state index contributed by atoms with van der Waals surface area (Å²) in [5.41, 5.74) is 3.02. The Hall–Kier alpha value is -2.73. The van der Waals surface area contributed by atoms with Crippen molar-refractivity contribution in [3.05, 3.63) is 64.4 Å². The number of hydrogen-bond acceptors (Lipinski definition) is 4. The third kappa shape index (κ3) is 3.22. The summed E-state index contributed by atoms with van der Waals surface area (Å²) in [7, 11) is 1.64. The summed E-state index contributed by atoms with van der Waals surface area (Å²) in [6, 6.07) is 15.6. The minimum Gasteiger partial charge on any atom is -0.497 e. The molecule has 0 spiro atoms. The predicted octanol–water partition coefficient (Wildman–Crippen LogP) is 3.81. The smallest absolute Gasteiger partial charge is 0.216 e. The summed E-state index contributed by atoms with van der Waals surface area (Å²) < 4.78 is 7.29. The van der Waals surface area contributed by atoms with Crippen LogP contribution in [0, 0.1) is 11.7 Å². The topological polar surface area (TPSA) is 55.2 Å². The van der Waals surface area contributed by atoms with Gasteiger partial charge in [0.05, 0.1) is 13.3 Å². The molecule has 0 radical (unpaired) electrons. The van der Waals surface area contributed by atoms with E-state index >= 15 is 0 Å². The van der Waals surface area contributed by atoms with Crippen LogP contribution < -0.4 is 4.74 Å². The minimum atomic E-state index is 0.447. The summed E-state index contributed by atoms with van der Waals surface area (Å²) in [5.74, 6) is 1.47. The van der Waals surface area contributed by atoms with Gasteiger partial charge in [0.15, 0.2) is 5.82 Å². The largest absolute Gasteiger partial charge is 0.497 e. The molecule has 3 rings (SSSR count). The molecule has 1 aromatic heterocycles. The Morgan fingerprint density at radius 1 is 1.22 bits per heavy atom. The molecule has 0 saturated carbocycles. The first-order valence-corrected chi connectivity index (χ1v) is 7.51. The molecule has 1 heterocycles. The lowest BCUT2D eigenvalue weighted by Crippen LogP contribution is -1.96. The number of nitrogens with one attached hydrogen (secondary N) is 1. The lowest BCUT2D eigenvalue weighted by Gasteiger charge is -2.04. The second-order valence-electron chi connectivity index (χ2n) is 5.00. The molecule has 0 aliphatic carbocycles. The summed E-state index contributed by atoms with van der Waals surface area (Å²) in [6.45, 7) is 2.03. The number of rotatable bonds is 4. The van der Waals surface area contributed by atoms with Crippen LogP contribution in [0.3, 0.4) is 0 Å². The van der Waals surface area contributed by atoms with Crippen LogP contribution in [0.5, 0.6) is 5.75 Å². The third-order valence-electron chi connectivity index (χ3n) is 3.45. The van der Waals surface area contributed by atoms with E-state index in [9.17, 15) is 0 Å². The fraction of sp³-hybridized carbons (Fsp3) is 0.118. The quantitative estimate of drug-likeness (QED) is 0.586. The van der Waals surface area contributed by atoms with E-state index in [1.54, 1.807) is 18.0 Å². The molecule has 0 unspecified atom stereocenters. The van der Waals surface area contributed by atoms with Crippen LogP contribution >= 0.6 is 12.2 Å². The van der Waals surface area contributed by atoms with Crippen LogP contribution in [-0.2, 0) is 0 Å². The number of hydrogen-bond donors (Lipinski definition) is 1. The molecule has 3 aromatic rings. The van der Waals surface area contributed by atoms with E-state index < -0.39 is 0 Å². The zero-order valence-electron chi connectivity index (χ0n) is 12.9. The lowest BCUT2D eigenvalue weighted by atomic mass is 10.1. The van der Waals surface area contributed by atoms with Crippen LogP contribution in [-0.4, -0.2) is 28.2 Å². The van der Waals surface area contributed by atoms with Crippen LogP contribution in [0.1, 0.15) is 11.1 Å². The van der Waals surface area contributed by atoms with E-state index in [2.05, 4.69) is 15.3 Å².